The smallest absolute Gasteiger partial charge is 0.195 e. The van der Waals surface area contributed by atoms with E-state index in [1.165, 1.54) is 11.3 Å². The van der Waals surface area contributed by atoms with Gasteiger partial charge < -0.3 is 9.84 Å². The van der Waals surface area contributed by atoms with Crippen molar-refractivity contribution in [1.82, 2.24) is 0 Å². The van der Waals surface area contributed by atoms with E-state index in [0.717, 1.165) is 0 Å². The van der Waals surface area contributed by atoms with E-state index in [1.807, 2.05) is 0 Å². The van der Waals surface area contributed by atoms with Crippen molar-refractivity contribution in [3.8, 4) is 0 Å². The molecule has 6 heteroatoms. The molecule has 0 bridgehead atoms. The van der Waals surface area contributed by atoms with Crippen LogP contribution in [0.4, 0.5) is 0 Å². The molecule has 0 radical (unpaired) electrons. The van der Waals surface area contributed by atoms with Crippen LogP contribution in [-0.2, 0) is 14.6 Å². The Labute approximate surface area is 98.8 Å². The number of hydrogen-bond acceptors (Lipinski definition) is 5. The average Bonchev–Trinajstić information content (AvgIpc) is 2.84. The molecule has 1 aliphatic heterocycles. The topological polar surface area (TPSA) is 63.6 Å². The third kappa shape index (κ3) is 1.79. The normalized spacial score (nSPS) is 20.8. The monoisotopic (exact) mass is 262 g/mol. The number of sulfone groups is 1. The van der Waals surface area contributed by atoms with Crippen LogP contribution < -0.4 is 0 Å². The summed E-state index contributed by atoms with van der Waals surface area (Å²) in [6, 6.07) is 3.30. The van der Waals surface area contributed by atoms with E-state index in [2.05, 4.69) is 0 Å². The molecule has 0 aliphatic carbocycles. The minimum atomic E-state index is -3.44. The summed E-state index contributed by atoms with van der Waals surface area (Å²) in [5, 5.41) is 11.2. The van der Waals surface area contributed by atoms with Gasteiger partial charge in [0.1, 0.15) is 8.96 Å². The largest absolute Gasteiger partial charge is 0.395 e. The van der Waals surface area contributed by atoms with Gasteiger partial charge >= 0.3 is 0 Å². The van der Waals surface area contributed by atoms with Crippen molar-refractivity contribution in [2.75, 3.05) is 19.8 Å². The minimum Gasteiger partial charge on any atom is -0.395 e. The van der Waals surface area contributed by atoms with Crippen molar-refractivity contribution in [1.29, 1.82) is 0 Å². The lowest BCUT2D eigenvalue weighted by atomic mass is 10.0. The summed E-state index contributed by atoms with van der Waals surface area (Å²) in [4.78, 5) is 0. The summed E-state index contributed by atoms with van der Waals surface area (Å²) in [6.07, 6.45) is 0.730. The third-order valence-electron chi connectivity index (χ3n) is 3.02. The van der Waals surface area contributed by atoms with Gasteiger partial charge in [-0.05, 0) is 24.3 Å². The van der Waals surface area contributed by atoms with Crippen molar-refractivity contribution in [2.24, 2.45) is 0 Å². The predicted molar refractivity (Wildman–Crippen MR) is 61.4 cm³/mol. The van der Waals surface area contributed by atoms with Gasteiger partial charge in [-0.3, -0.25) is 0 Å². The summed E-state index contributed by atoms with van der Waals surface area (Å²) >= 11 is 1.20. The summed E-state index contributed by atoms with van der Waals surface area (Å²) < 4.78 is 29.3. The molecule has 0 aromatic carbocycles. The van der Waals surface area contributed by atoms with E-state index in [4.69, 9.17) is 4.74 Å². The standard InChI is InChI=1S/C10H14O4S2/c11-8-10(3-5-14-6-4-10)16(12,13)9-2-1-7-15-9/h1-2,7,11H,3-6,8H2. The molecule has 2 heterocycles. The molecule has 2 rings (SSSR count). The molecule has 0 saturated carbocycles. The molecule has 0 unspecified atom stereocenters. The fourth-order valence-corrected chi connectivity index (χ4v) is 5.10. The Kier molecular flexibility index (Phi) is 3.34. The molecule has 0 atom stereocenters. The van der Waals surface area contributed by atoms with Crippen molar-refractivity contribution in [3.63, 3.8) is 0 Å². The maximum atomic E-state index is 12.4. The van der Waals surface area contributed by atoms with Gasteiger partial charge in [0.25, 0.3) is 0 Å². The quantitative estimate of drug-likeness (QED) is 0.885. The molecule has 1 fully saturated rings. The number of ether oxygens (including phenoxy) is 1. The Hall–Kier alpha value is -0.430. The Morgan fingerprint density at radius 2 is 2.12 bits per heavy atom. The van der Waals surface area contributed by atoms with Gasteiger partial charge in [0.05, 0.1) is 6.61 Å². The van der Waals surface area contributed by atoms with Crippen LogP contribution >= 0.6 is 11.3 Å². The van der Waals surface area contributed by atoms with Crippen molar-refractivity contribution >= 4 is 21.2 Å². The van der Waals surface area contributed by atoms with E-state index in [-0.39, 0.29) is 6.61 Å². The second-order valence-electron chi connectivity index (χ2n) is 3.89. The second kappa shape index (κ2) is 4.44. The van der Waals surface area contributed by atoms with Crippen LogP contribution in [0.2, 0.25) is 0 Å². The van der Waals surface area contributed by atoms with E-state index < -0.39 is 14.6 Å². The zero-order chi connectivity index (χ0) is 11.6. The minimum absolute atomic E-state index is 0.337. The molecular weight excluding hydrogens is 248 g/mol. The molecule has 0 spiro atoms. The van der Waals surface area contributed by atoms with Gasteiger partial charge in [0.2, 0.25) is 0 Å². The molecule has 1 N–H and O–H groups in total. The zero-order valence-corrected chi connectivity index (χ0v) is 10.4. The van der Waals surface area contributed by atoms with Crippen LogP contribution in [0.15, 0.2) is 21.7 Å². The Morgan fingerprint density at radius 1 is 1.44 bits per heavy atom. The fourth-order valence-electron chi connectivity index (χ4n) is 1.89. The SMILES string of the molecule is O=S(=O)(c1cccs1)C1(CO)CCOCC1. The Bertz CT molecular complexity index is 429. The molecule has 4 nitrogen and oxygen atoms in total. The fraction of sp³-hybridized carbons (Fsp3) is 0.600. The number of aliphatic hydroxyl groups is 1. The van der Waals surface area contributed by atoms with Gasteiger partial charge in [-0.25, -0.2) is 8.42 Å². The zero-order valence-electron chi connectivity index (χ0n) is 8.76. The van der Waals surface area contributed by atoms with Crippen molar-refractivity contribution in [3.05, 3.63) is 17.5 Å². The summed E-state index contributed by atoms with van der Waals surface area (Å²) in [7, 11) is -3.44. The molecule has 0 amide bonds. The molecular formula is C10H14O4S2. The molecule has 1 aromatic rings. The first-order chi connectivity index (χ1) is 7.62. The van der Waals surface area contributed by atoms with Crippen LogP contribution in [0.1, 0.15) is 12.8 Å². The Balaban J connectivity index is 2.41. The highest BCUT2D eigenvalue weighted by Crippen LogP contribution is 2.36. The summed E-state index contributed by atoms with van der Waals surface area (Å²) in [6.45, 7) is 0.451. The van der Waals surface area contributed by atoms with Crippen LogP contribution in [-0.4, -0.2) is 38.1 Å². The van der Waals surface area contributed by atoms with E-state index in [9.17, 15) is 13.5 Å². The van der Waals surface area contributed by atoms with E-state index in [1.54, 1.807) is 17.5 Å². The third-order valence-corrected chi connectivity index (χ3v) is 6.97. The van der Waals surface area contributed by atoms with Gasteiger partial charge in [-0.15, -0.1) is 11.3 Å². The molecule has 1 aliphatic rings. The van der Waals surface area contributed by atoms with Gasteiger partial charge in [-0.2, -0.15) is 0 Å². The molecule has 16 heavy (non-hydrogen) atoms. The highest BCUT2D eigenvalue weighted by atomic mass is 32.2. The first kappa shape index (κ1) is 12.0. The summed E-state index contributed by atoms with van der Waals surface area (Å²) in [5.41, 5.74) is 0. The highest BCUT2D eigenvalue weighted by Gasteiger charge is 2.45. The highest BCUT2D eigenvalue weighted by molar-refractivity contribution is 7.94. The van der Waals surface area contributed by atoms with Crippen LogP contribution in [0.25, 0.3) is 0 Å². The van der Waals surface area contributed by atoms with Gasteiger partial charge in [0.15, 0.2) is 9.84 Å². The first-order valence-corrected chi connectivity index (χ1v) is 7.45. The van der Waals surface area contributed by atoms with Gasteiger partial charge in [0, 0.05) is 13.2 Å². The maximum absolute atomic E-state index is 12.4. The van der Waals surface area contributed by atoms with E-state index >= 15 is 0 Å². The molecule has 1 saturated heterocycles. The molecule has 90 valence electrons. The summed E-state index contributed by atoms with van der Waals surface area (Å²) in [5.74, 6) is 0. The average molecular weight is 262 g/mol. The lowest BCUT2D eigenvalue weighted by Gasteiger charge is -2.34. The lowest BCUT2D eigenvalue weighted by Crippen LogP contribution is -2.46. The van der Waals surface area contributed by atoms with E-state index in [0.29, 0.717) is 30.3 Å². The number of aliphatic hydroxyl groups excluding tert-OH is 1. The number of thiophene rings is 1. The first-order valence-electron chi connectivity index (χ1n) is 5.09. The Morgan fingerprint density at radius 3 is 2.62 bits per heavy atom. The predicted octanol–water partition coefficient (Wildman–Crippen LogP) is 1.06. The van der Waals surface area contributed by atoms with Crippen molar-refractivity contribution < 1.29 is 18.3 Å². The lowest BCUT2D eigenvalue weighted by molar-refractivity contribution is 0.0559. The van der Waals surface area contributed by atoms with Crippen LogP contribution in [0, 0.1) is 0 Å². The van der Waals surface area contributed by atoms with Crippen LogP contribution in [0.3, 0.4) is 0 Å². The molecule has 1 aromatic heterocycles. The number of hydrogen-bond donors (Lipinski definition) is 1. The maximum Gasteiger partial charge on any atom is 0.195 e. The van der Waals surface area contributed by atoms with Crippen molar-refractivity contribution in [2.45, 2.75) is 21.8 Å². The number of rotatable bonds is 3. The van der Waals surface area contributed by atoms with Crippen LogP contribution in [0.5, 0.6) is 0 Å². The second-order valence-corrected chi connectivity index (χ2v) is 7.41. The van der Waals surface area contributed by atoms with Gasteiger partial charge in [-0.1, -0.05) is 6.07 Å².